The van der Waals surface area contributed by atoms with Crippen LogP contribution < -0.4 is 5.32 Å². The highest BCUT2D eigenvalue weighted by Gasteiger charge is 2.33. The van der Waals surface area contributed by atoms with Crippen molar-refractivity contribution in [3.63, 3.8) is 0 Å². The molecule has 1 aliphatic rings. The molecular formula is C8H15NO2S. The fourth-order valence-corrected chi connectivity index (χ4v) is 1.39. The molecule has 1 heterocycles. The fraction of sp³-hybridized carbons (Fsp3) is 0.750. The third kappa shape index (κ3) is 2.23. The van der Waals surface area contributed by atoms with Crippen molar-refractivity contribution in [2.75, 3.05) is 18.8 Å². The highest BCUT2D eigenvalue weighted by molar-refractivity contribution is 7.80. The number of nitrogens with one attached hydrogen (secondary N) is 1. The molecule has 0 bridgehead atoms. The van der Waals surface area contributed by atoms with E-state index < -0.39 is 6.29 Å². The van der Waals surface area contributed by atoms with Gasteiger partial charge in [0.05, 0.1) is 0 Å². The van der Waals surface area contributed by atoms with Gasteiger partial charge in [-0.1, -0.05) is 6.08 Å². The lowest BCUT2D eigenvalue weighted by atomic mass is 10.0. The zero-order chi connectivity index (χ0) is 9.03. The van der Waals surface area contributed by atoms with E-state index in [-0.39, 0.29) is 5.60 Å². The Morgan fingerprint density at radius 3 is 3.00 bits per heavy atom. The van der Waals surface area contributed by atoms with Gasteiger partial charge in [0.25, 0.3) is 0 Å². The number of aliphatic hydroxyl groups is 1. The maximum absolute atomic E-state index is 9.24. The molecule has 0 aliphatic carbocycles. The molecule has 0 amide bonds. The van der Waals surface area contributed by atoms with Gasteiger partial charge in [0.15, 0.2) is 6.29 Å². The van der Waals surface area contributed by atoms with Crippen molar-refractivity contribution in [1.29, 1.82) is 0 Å². The van der Waals surface area contributed by atoms with Crippen LogP contribution in [0.3, 0.4) is 0 Å². The van der Waals surface area contributed by atoms with E-state index in [4.69, 9.17) is 4.74 Å². The lowest BCUT2D eigenvalue weighted by Crippen LogP contribution is -2.37. The molecule has 1 saturated heterocycles. The number of hydrogen-bond acceptors (Lipinski definition) is 4. The topological polar surface area (TPSA) is 41.5 Å². The normalized spacial score (nSPS) is 31.8. The molecule has 0 aromatic heterocycles. The minimum absolute atomic E-state index is 0.315. The van der Waals surface area contributed by atoms with Crippen LogP contribution in [0.25, 0.3) is 0 Å². The van der Waals surface area contributed by atoms with Gasteiger partial charge >= 0.3 is 0 Å². The molecule has 70 valence electrons. The highest BCUT2D eigenvalue weighted by atomic mass is 32.1. The van der Waals surface area contributed by atoms with Crippen molar-refractivity contribution in [3.8, 4) is 0 Å². The second-order valence-electron chi connectivity index (χ2n) is 2.95. The summed E-state index contributed by atoms with van der Waals surface area (Å²) in [6, 6.07) is 0. The van der Waals surface area contributed by atoms with Crippen LogP contribution in [0.4, 0.5) is 0 Å². The van der Waals surface area contributed by atoms with Gasteiger partial charge in [-0.05, 0) is 13.0 Å². The molecule has 0 radical (unpaired) electrons. The predicted octanol–water partition coefficient (Wildman–Crippen LogP) is 0.169. The average Bonchev–Trinajstić information content (AvgIpc) is 2.54. The standard InChI is InChI=1S/C8H15NO2S/c1-2-8(3-4-9-6-8)11-7(10)5-12/h2,7,9-10,12H,1,3-6H2. The molecule has 2 N–H and O–H groups in total. The third-order valence-electron chi connectivity index (χ3n) is 2.05. The Hall–Kier alpha value is -0.0300. The summed E-state index contributed by atoms with van der Waals surface area (Å²) in [6.07, 6.45) is 1.81. The molecule has 2 atom stereocenters. The molecule has 1 aliphatic heterocycles. The minimum atomic E-state index is -0.800. The van der Waals surface area contributed by atoms with E-state index in [1.165, 1.54) is 0 Å². The molecule has 4 heteroatoms. The molecule has 0 aromatic rings. The van der Waals surface area contributed by atoms with E-state index >= 15 is 0 Å². The zero-order valence-corrected chi connectivity index (χ0v) is 7.89. The molecule has 0 saturated carbocycles. The molecule has 12 heavy (non-hydrogen) atoms. The van der Waals surface area contributed by atoms with E-state index in [0.717, 1.165) is 19.5 Å². The van der Waals surface area contributed by atoms with E-state index in [1.807, 2.05) is 0 Å². The Morgan fingerprint density at radius 2 is 2.58 bits per heavy atom. The molecular weight excluding hydrogens is 174 g/mol. The Morgan fingerprint density at radius 1 is 1.83 bits per heavy atom. The Bertz CT molecular complexity index is 157. The summed E-state index contributed by atoms with van der Waals surface area (Å²) in [4.78, 5) is 0. The van der Waals surface area contributed by atoms with E-state index in [1.54, 1.807) is 6.08 Å². The largest absolute Gasteiger partial charge is 0.367 e. The first kappa shape index (κ1) is 10.1. The summed E-state index contributed by atoms with van der Waals surface area (Å²) in [5.74, 6) is 0.315. The molecule has 0 aromatic carbocycles. The van der Waals surface area contributed by atoms with Crippen molar-refractivity contribution in [3.05, 3.63) is 12.7 Å². The van der Waals surface area contributed by atoms with Crippen LogP contribution in [0.1, 0.15) is 6.42 Å². The van der Waals surface area contributed by atoms with Gasteiger partial charge in [-0.25, -0.2) is 0 Å². The van der Waals surface area contributed by atoms with Gasteiger partial charge in [-0.3, -0.25) is 0 Å². The maximum atomic E-state index is 9.24. The summed E-state index contributed by atoms with van der Waals surface area (Å²) in [6.45, 7) is 5.33. The SMILES string of the molecule is C=CC1(OC(O)CS)CCNC1. The summed E-state index contributed by atoms with van der Waals surface area (Å²) in [5.41, 5.74) is -0.387. The van der Waals surface area contributed by atoms with Crippen LogP contribution >= 0.6 is 12.6 Å². The molecule has 1 fully saturated rings. The second kappa shape index (κ2) is 4.28. The Labute approximate surface area is 78.2 Å². The first-order valence-electron chi connectivity index (χ1n) is 4.03. The van der Waals surface area contributed by atoms with Gasteiger partial charge in [0, 0.05) is 12.3 Å². The van der Waals surface area contributed by atoms with Crippen molar-refractivity contribution in [2.24, 2.45) is 0 Å². The van der Waals surface area contributed by atoms with Gasteiger partial charge < -0.3 is 15.2 Å². The summed E-state index contributed by atoms with van der Waals surface area (Å²) >= 11 is 3.93. The predicted molar refractivity (Wildman–Crippen MR) is 51.4 cm³/mol. The quantitative estimate of drug-likeness (QED) is 0.335. The summed E-state index contributed by atoms with van der Waals surface area (Å²) in [7, 11) is 0. The van der Waals surface area contributed by atoms with Crippen molar-refractivity contribution in [2.45, 2.75) is 18.3 Å². The average molecular weight is 189 g/mol. The Kier molecular flexibility index (Phi) is 3.58. The lowest BCUT2D eigenvalue weighted by Gasteiger charge is -2.27. The smallest absolute Gasteiger partial charge is 0.164 e. The second-order valence-corrected chi connectivity index (χ2v) is 3.32. The van der Waals surface area contributed by atoms with Crippen molar-refractivity contribution >= 4 is 12.6 Å². The number of hydrogen-bond donors (Lipinski definition) is 3. The fourth-order valence-electron chi connectivity index (χ4n) is 1.32. The van der Waals surface area contributed by atoms with Gasteiger partial charge in [0.1, 0.15) is 5.60 Å². The first-order valence-corrected chi connectivity index (χ1v) is 4.67. The number of aliphatic hydroxyl groups excluding tert-OH is 1. The van der Waals surface area contributed by atoms with Gasteiger partial charge in [-0.15, -0.1) is 6.58 Å². The van der Waals surface area contributed by atoms with Crippen LogP contribution in [0.5, 0.6) is 0 Å². The number of rotatable bonds is 4. The molecule has 1 rings (SSSR count). The van der Waals surface area contributed by atoms with Gasteiger partial charge in [0.2, 0.25) is 0 Å². The monoisotopic (exact) mass is 189 g/mol. The Balaban J connectivity index is 2.49. The zero-order valence-electron chi connectivity index (χ0n) is 6.99. The molecule has 0 spiro atoms. The minimum Gasteiger partial charge on any atom is -0.367 e. The first-order chi connectivity index (χ1) is 5.72. The summed E-state index contributed by atoms with van der Waals surface area (Å²) < 4.78 is 5.40. The van der Waals surface area contributed by atoms with E-state index in [2.05, 4.69) is 24.5 Å². The van der Waals surface area contributed by atoms with Crippen LogP contribution in [0.2, 0.25) is 0 Å². The van der Waals surface area contributed by atoms with Crippen LogP contribution in [-0.4, -0.2) is 35.8 Å². The summed E-state index contributed by atoms with van der Waals surface area (Å²) in [5, 5.41) is 12.4. The van der Waals surface area contributed by atoms with Gasteiger partial charge in [-0.2, -0.15) is 12.6 Å². The van der Waals surface area contributed by atoms with Crippen LogP contribution in [-0.2, 0) is 4.74 Å². The molecule has 2 unspecified atom stereocenters. The highest BCUT2D eigenvalue weighted by Crippen LogP contribution is 2.22. The van der Waals surface area contributed by atoms with Crippen LogP contribution in [0, 0.1) is 0 Å². The van der Waals surface area contributed by atoms with Crippen molar-refractivity contribution < 1.29 is 9.84 Å². The molecule has 3 nitrogen and oxygen atoms in total. The lowest BCUT2D eigenvalue weighted by molar-refractivity contribution is -0.145. The van der Waals surface area contributed by atoms with Crippen LogP contribution in [0.15, 0.2) is 12.7 Å². The van der Waals surface area contributed by atoms with Crippen molar-refractivity contribution in [1.82, 2.24) is 5.32 Å². The third-order valence-corrected chi connectivity index (χ3v) is 2.36. The number of thiol groups is 1. The number of ether oxygens (including phenoxy) is 1. The maximum Gasteiger partial charge on any atom is 0.164 e. The van der Waals surface area contributed by atoms with E-state index in [0.29, 0.717) is 5.75 Å². The van der Waals surface area contributed by atoms with E-state index in [9.17, 15) is 5.11 Å².